The van der Waals surface area contributed by atoms with Crippen LogP contribution >= 0.6 is 0 Å². The molecule has 2 aromatic rings. The highest BCUT2D eigenvalue weighted by molar-refractivity contribution is 5.87. The van der Waals surface area contributed by atoms with Crippen molar-refractivity contribution in [1.29, 1.82) is 0 Å². The van der Waals surface area contributed by atoms with Gasteiger partial charge in [-0.15, -0.1) is 0 Å². The zero-order valence-corrected chi connectivity index (χ0v) is 19.0. The summed E-state index contributed by atoms with van der Waals surface area (Å²) in [5, 5.41) is 14.7. The maximum atomic E-state index is 12.7. The van der Waals surface area contributed by atoms with Crippen LogP contribution in [0.4, 0.5) is 4.79 Å². The average molecular weight is 451 g/mol. The third kappa shape index (κ3) is 5.18. The maximum absolute atomic E-state index is 12.7. The van der Waals surface area contributed by atoms with Crippen molar-refractivity contribution in [3.05, 3.63) is 59.7 Å². The first-order chi connectivity index (χ1) is 15.8. The molecule has 174 valence electrons. The Balaban J connectivity index is 1.31. The molecule has 1 saturated carbocycles. The van der Waals surface area contributed by atoms with E-state index in [0.29, 0.717) is 12.3 Å². The molecule has 3 N–H and O–H groups in total. The summed E-state index contributed by atoms with van der Waals surface area (Å²) in [5.41, 5.74) is 3.57. The summed E-state index contributed by atoms with van der Waals surface area (Å²) in [7, 11) is 0. The Morgan fingerprint density at radius 3 is 2.15 bits per heavy atom. The molecule has 2 aliphatic carbocycles. The van der Waals surface area contributed by atoms with Crippen LogP contribution in [0, 0.1) is 11.3 Å². The minimum atomic E-state index is -1.03. The minimum absolute atomic E-state index is 0.0330. The number of amides is 2. The molecular formula is C26H30N2O5. The van der Waals surface area contributed by atoms with Gasteiger partial charge in [-0.3, -0.25) is 4.79 Å². The van der Waals surface area contributed by atoms with Crippen molar-refractivity contribution >= 4 is 18.0 Å². The normalized spacial score (nSPS) is 15.8. The predicted octanol–water partition coefficient (Wildman–Crippen LogP) is 3.92. The zero-order valence-electron chi connectivity index (χ0n) is 19.0. The molecule has 0 spiro atoms. The van der Waals surface area contributed by atoms with Crippen LogP contribution in [0.25, 0.3) is 11.1 Å². The molecule has 33 heavy (non-hydrogen) atoms. The lowest BCUT2D eigenvalue weighted by atomic mass is 9.91. The molecule has 0 aromatic heterocycles. The number of hydrogen-bond donors (Lipinski definition) is 3. The number of carboxylic acid groups (broad SMARTS) is 1. The van der Waals surface area contributed by atoms with Gasteiger partial charge in [-0.25, -0.2) is 9.59 Å². The van der Waals surface area contributed by atoms with Gasteiger partial charge >= 0.3 is 12.1 Å². The molecule has 7 nitrogen and oxygen atoms in total. The molecule has 0 aliphatic heterocycles. The summed E-state index contributed by atoms with van der Waals surface area (Å²) in [6.07, 6.45) is 1.85. The fraction of sp³-hybridized carbons (Fsp3) is 0.423. The van der Waals surface area contributed by atoms with Crippen LogP contribution < -0.4 is 10.6 Å². The quantitative estimate of drug-likeness (QED) is 0.537. The van der Waals surface area contributed by atoms with E-state index >= 15 is 0 Å². The first-order valence-corrected chi connectivity index (χ1v) is 11.4. The van der Waals surface area contributed by atoms with Crippen molar-refractivity contribution in [1.82, 2.24) is 10.6 Å². The largest absolute Gasteiger partial charge is 0.480 e. The molecular weight excluding hydrogens is 420 g/mol. The number of carbonyl (C=O) groups is 3. The van der Waals surface area contributed by atoms with E-state index in [2.05, 4.69) is 34.9 Å². The monoisotopic (exact) mass is 450 g/mol. The second kappa shape index (κ2) is 9.25. The van der Waals surface area contributed by atoms with Gasteiger partial charge in [0.15, 0.2) is 0 Å². The summed E-state index contributed by atoms with van der Waals surface area (Å²) >= 11 is 0. The van der Waals surface area contributed by atoms with Gasteiger partial charge in [0, 0.05) is 12.5 Å². The van der Waals surface area contributed by atoms with Crippen LogP contribution in [0.5, 0.6) is 0 Å². The van der Waals surface area contributed by atoms with Crippen LogP contribution in [0.15, 0.2) is 48.5 Å². The Bertz CT molecular complexity index is 1010. The molecule has 0 unspecified atom stereocenters. The second-order valence-electron chi connectivity index (χ2n) is 9.61. The summed E-state index contributed by atoms with van der Waals surface area (Å²) in [6, 6.07) is 15.3. The highest BCUT2D eigenvalue weighted by Gasteiger charge is 2.35. The van der Waals surface area contributed by atoms with Crippen LogP contribution in [0.1, 0.15) is 50.2 Å². The fourth-order valence-corrected chi connectivity index (χ4v) is 4.28. The van der Waals surface area contributed by atoms with Crippen LogP contribution in [0.2, 0.25) is 0 Å². The third-order valence-corrected chi connectivity index (χ3v) is 6.50. The topological polar surface area (TPSA) is 105 Å². The molecule has 7 heteroatoms. The van der Waals surface area contributed by atoms with Gasteiger partial charge in [-0.05, 0) is 48.4 Å². The lowest BCUT2D eigenvalue weighted by Gasteiger charge is -2.26. The second-order valence-corrected chi connectivity index (χ2v) is 9.61. The number of hydrogen-bond acceptors (Lipinski definition) is 4. The SMILES string of the molecule is CC(C)(CNC(=O)OCC1c2ccccc2-c2ccccc21)C(=O)N[C@@H](CC1CC1)C(=O)O. The van der Waals surface area contributed by atoms with Gasteiger partial charge in [0.2, 0.25) is 5.91 Å². The van der Waals surface area contributed by atoms with E-state index in [1.807, 2.05) is 24.3 Å². The molecule has 2 amide bonds. The van der Waals surface area contributed by atoms with Gasteiger partial charge in [0.05, 0.1) is 5.41 Å². The Kier molecular flexibility index (Phi) is 6.40. The molecule has 0 heterocycles. The summed E-state index contributed by atoms with van der Waals surface area (Å²) in [5.74, 6) is -1.11. The minimum Gasteiger partial charge on any atom is -0.480 e. The summed E-state index contributed by atoms with van der Waals surface area (Å²) in [4.78, 5) is 36.6. The van der Waals surface area contributed by atoms with Crippen LogP contribution in [0.3, 0.4) is 0 Å². The first-order valence-electron chi connectivity index (χ1n) is 11.4. The molecule has 4 rings (SSSR count). The smallest absolute Gasteiger partial charge is 0.407 e. The summed E-state index contributed by atoms with van der Waals surface area (Å²) in [6.45, 7) is 3.56. The number of fused-ring (bicyclic) bond motifs is 3. The number of carboxylic acids is 1. The Hall–Kier alpha value is -3.35. The van der Waals surface area contributed by atoms with E-state index in [9.17, 15) is 19.5 Å². The van der Waals surface area contributed by atoms with Crippen LogP contribution in [-0.4, -0.2) is 42.3 Å². The zero-order chi connectivity index (χ0) is 23.6. The molecule has 2 aromatic carbocycles. The molecule has 2 aliphatic rings. The highest BCUT2D eigenvalue weighted by Crippen LogP contribution is 2.44. The van der Waals surface area contributed by atoms with Crippen molar-refractivity contribution < 1.29 is 24.2 Å². The first kappa shape index (κ1) is 22.8. The number of alkyl carbamates (subject to hydrolysis) is 1. The highest BCUT2D eigenvalue weighted by atomic mass is 16.5. The number of ether oxygens (including phenoxy) is 1. The Labute approximate surface area is 193 Å². The van der Waals surface area contributed by atoms with Gasteiger partial charge < -0.3 is 20.5 Å². The summed E-state index contributed by atoms with van der Waals surface area (Å²) < 4.78 is 5.52. The molecule has 0 bridgehead atoms. The van der Waals surface area contributed by atoms with E-state index in [1.165, 1.54) is 0 Å². The average Bonchev–Trinajstić information content (AvgIpc) is 3.56. The van der Waals surface area contributed by atoms with Crippen LogP contribution in [-0.2, 0) is 14.3 Å². The van der Waals surface area contributed by atoms with Gasteiger partial charge in [0.25, 0.3) is 0 Å². The molecule has 0 radical (unpaired) electrons. The van der Waals surface area contributed by atoms with E-state index in [4.69, 9.17) is 4.74 Å². The maximum Gasteiger partial charge on any atom is 0.407 e. The third-order valence-electron chi connectivity index (χ3n) is 6.50. The van der Waals surface area contributed by atoms with E-state index < -0.39 is 29.4 Å². The number of benzene rings is 2. The van der Waals surface area contributed by atoms with Crippen molar-refractivity contribution in [2.24, 2.45) is 11.3 Å². The van der Waals surface area contributed by atoms with Crippen molar-refractivity contribution in [2.75, 3.05) is 13.2 Å². The number of aliphatic carboxylic acids is 1. The number of rotatable bonds is 9. The fourth-order valence-electron chi connectivity index (χ4n) is 4.28. The van der Waals surface area contributed by atoms with Gasteiger partial charge in [-0.1, -0.05) is 61.4 Å². The van der Waals surface area contributed by atoms with Gasteiger partial charge in [-0.2, -0.15) is 0 Å². The van der Waals surface area contributed by atoms with Gasteiger partial charge in [0.1, 0.15) is 12.6 Å². The standard InChI is InChI=1S/C26H30N2O5/c1-26(2,24(31)28-22(23(29)30)13-16-11-12-16)15-27-25(32)33-14-21-19-9-5-3-7-17(19)18-8-4-6-10-20(18)21/h3-10,16,21-22H,11-15H2,1-2H3,(H,27,32)(H,28,31)(H,29,30)/t22-/m0/s1. The van der Waals surface area contributed by atoms with Crippen molar-refractivity contribution in [3.63, 3.8) is 0 Å². The Morgan fingerprint density at radius 2 is 1.61 bits per heavy atom. The van der Waals surface area contributed by atoms with E-state index in [0.717, 1.165) is 35.1 Å². The van der Waals surface area contributed by atoms with Crippen molar-refractivity contribution in [3.8, 4) is 11.1 Å². The lowest BCUT2D eigenvalue weighted by Crippen LogP contribution is -2.50. The lowest BCUT2D eigenvalue weighted by molar-refractivity contribution is -0.143. The van der Waals surface area contributed by atoms with E-state index in [1.54, 1.807) is 13.8 Å². The van der Waals surface area contributed by atoms with E-state index in [-0.39, 0.29) is 19.1 Å². The molecule has 1 atom stereocenters. The molecule has 1 fully saturated rings. The molecule has 0 saturated heterocycles. The number of nitrogens with one attached hydrogen (secondary N) is 2. The Morgan fingerprint density at radius 1 is 1.03 bits per heavy atom. The number of carbonyl (C=O) groups excluding carboxylic acids is 2. The van der Waals surface area contributed by atoms with Crippen molar-refractivity contribution in [2.45, 2.75) is 45.1 Å². The predicted molar refractivity (Wildman–Crippen MR) is 124 cm³/mol.